The Balaban J connectivity index is 0.994. The topological polar surface area (TPSA) is 124 Å². The van der Waals surface area contributed by atoms with E-state index >= 15 is 0 Å². The summed E-state index contributed by atoms with van der Waals surface area (Å²) in [6, 6.07) is 30.6. The molecule has 0 saturated carbocycles. The summed E-state index contributed by atoms with van der Waals surface area (Å²) in [5.74, 6) is -0.0406. The molecule has 0 aromatic heterocycles. The molecule has 5 aromatic rings. The highest BCUT2D eigenvalue weighted by Crippen LogP contribution is 2.30. The van der Waals surface area contributed by atoms with Crippen LogP contribution in [0.15, 0.2) is 115 Å². The Morgan fingerprint density at radius 3 is 0.884 bits per heavy atom. The van der Waals surface area contributed by atoms with Gasteiger partial charge in [-0.05, 0) is 129 Å². The van der Waals surface area contributed by atoms with Crippen LogP contribution in [0.1, 0.15) is 189 Å². The number of unbranched alkanes of at least 4 members (excludes halogenated alkanes) is 18. The third kappa shape index (κ3) is 19.6. The van der Waals surface area contributed by atoms with Crippen molar-refractivity contribution in [2.24, 2.45) is 0 Å². The summed E-state index contributed by atoms with van der Waals surface area (Å²) in [4.78, 5) is 52.0. The molecule has 0 bridgehead atoms. The van der Waals surface area contributed by atoms with E-state index < -0.39 is 23.9 Å². The van der Waals surface area contributed by atoms with Crippen LogP contribution in [0.4, 0.5) is 0 Å². The van der Waals surface area contributed by atoms with E-state index in [1.54, 1.807) is 73.7 Å². The molecular weight excluding hydrogens is 869 g/mol. The monoisotopic (exact) mass is 941 g/mol. The Bertz CT molecular complexity index is 2120. The first-order valence-corrected chi connectivity index (χ1v) is 25.4. The van der Waals surface area contributed by atoms with Crippen molar-refractivity contribution in [2.45, 2.75) is 149 Å². The molecule has 0 aliphatic heterocycles. The van der Waals surface area contributed by atoms with Gasteiger partial charge in [0.05, 0.1) is 35.5 Å². The molecule has 0 spiro atoms. The summed E-state index contributed by atoms with van der Waals surface area (Å²) in [7, 11) is 0. The molecule has 0 unspecified atom stereocenters. The van der Waals surface area contributed by atoms with Crippen molar-refractivity contribution in [2.75, 3.05) is 13.2 Å². The predicted molar refractivity (Wildman–Crippen MR) is 271 cm³/mol. The van der Waals surface area contributed by atoms with Crippen molar-refractivity contribution in [1.82, 2.24) is 0 Å². The number of carbonyl (C=O) groups is 4. The van der Waals surface area contributed by atoms with E-state index in [4.69, 9.17) is 28.4 Å². The zero-order valence-corrected chi connectivity index (χ0v) is 41.1. The number of esters is 4. The Kier molecular flexibility index (Phi) is 23.9. The van der Waals surface area contributed by atoms with Gasteiger partial charge in [0.15, 0.2) is 0 Å². The van der Waals surface area contributed by atoms with Crippen LogP contribution in [-0.2, 0) is 0 Å². The zero-order valence-electron chi connectivity index (χ0n) is 41.1. The lowest BCUT2D eigenvalue weighted by Gasteiger charge is -2.12. The second kappa shape index (κ2) is 30.9. The van der Waals surface area contributed by atoms with E-state index in [1.165, 1.54) is 151 Å². The molecule has 5 aromatic carbocycles. The molecule has 0 fully saturated rings. The van der Waals surface area contributed by atoms with Gasteiger partial charge in [-0.2, -0.15) is 0 Å². The lowest BCUT2D eigenvalue weighted by atomic mass is 10.1. The molecule has 0 aliphatic carbocycles. The summed E-state index contributed by atoms with van der Waals surface area (Å²) >= 11 is 0. The maximum atomic E-state index is 13.1. The van der Waals surface area contributed by atoms with Gasteiger partial charge in [-0.25, -0.2) is 19.2 Å². The van der Waals surface area contributed by atoms with Crippen LogP contribution in [0.5, 0.6) is 34.5 Å². The number of benzene rings is 5. The molecule has 5 rings (SSSR count). The summed E-state index contributed by atoms with van der Waals surface area (Å²) in [5, 5.41) is 0. The normalized spacial score (nSPS) is 10.9. The number of carbonyl (C=O) groups excluding carboxylic acids is 4. The minimum absolute atomic E-state index is 0.202. The van der Waals surface area contributed by atoms with Gasteiger partial charge in [-0.3, -0.25) is 0 Å². The second-order valence-electron chi connectivity index (χ2n) is 17.6. The van der Waals surface area contributed by atoms with E-state index in [0.717, 1.165) is 25.7 Å². The molecule has 0 atom stereocenters. The van der Waals surface area contributed by atoms with Crippen LogP contribution in [0.25, 0.3) is 0 Å². The number of ether oxygens (including phenoxy) is 6. The van der Waals surface area contributed by atoms with Gasteiger partial charge in [0, 0.05) is 5.56 Å². The SMILES string of the molecule is CCCCCCCCCCCCOc1ccc(C(=O)Oc2ccc(C(=O)Oc3cccc(OC(=O)c4ccc(OC(=O)c5ccc(OCCCCCCCCCCCC)cc5)cc4)c3C)cc2)cc1. The molecule has 0 N–H and O–H groups in total. The average molecular weight is 941 g/mol. The Morgan fingerprint density at radius 1 is 0.319 bits per heavy atom. The van der Waals surface area contributed by atoms with Gasteiger partial charge < -0.3 is 28.4 Å². The van der Waals surface area contributed by atoms with Crippen LogP contribution in [0.3, 0.4) is 0 Å². The highest BCUT2D eigenvalue weighted by Gasteiger charge is 2.18. The van der Waals surface area contributed by atoms with Crippen molar-refractivity contribution in [3.63, 3.8) is 0 Å². The summed E-state index contributed by atoms with van der Waals surface area (Å²) in [5.41, 5.74) is 1.62. The Labute approximate surface area is 410 Å². The van der Waals surface area contributed by atoms with E-state index in [-0.39, 0.29) is 34.1 Å². The van der Waals surface area contributed by atoms with Gasteiger partial charge in [-0.1, -0.05) is 135 Å². The Hall–Kier alpha value is -6.42. The summed E-state index contributed by atoms with van der Waals surface area (Å²) in [6.07, 6.45) is 25.3. The molecule has 69 heavy (non-hydrogen) atoms. The first-order chi connectivity index (χ1) is 33.7. The van der Waals surface area contributed by atoms with Crippen LogP contribution >= 0.6 is 0 Å². The van der Waals surface area contributed by atoms with E-state index in [2.05, 4.69) is 13.8 Å². The Morgan fingerprint density at radius 2 is 0.580 bits per heavy atom. The molecule has 0 saturated heterocycles. The molecule has 10 heteroatoms. The number of hydrogen-bond donors (Lipinski definition) is 0. The molecular formula is C59H72O10. The smallest absolute Gasteiger partial charge is 0.343 e. The number of hydrogen-bond acceptors (Lipinski definition) is 10. The van der Waals surface area contributed by atoms with Gasteiger partial charge in [0.2, 0.25) is 0 Å². The van der Waals surface area contributed by atoms with Gasteiger partial charge >= 0.3 is 23.9 Å². The minimum atomic E-state index is -0.651. The fourth-order valence-electron chi connectivity index (χ4n) is 7.72. The largest absolute Gasteiger partial charge is 0.494 e. The van der Waals surface area contributed by atoms with Gasteiger partial charge in [0.1, 0.15) is 34.5 Å². The van der Waals surface area contributed by atoms with Crippen molar-refractivity contribution in [1.29, 1.82) is 0 Å². The first-order valence-electron chi connectivity index (χ1n) is 25.4. The fourth-order valence-corrected chi connectivity index (χ4v) is 7.72. The molecule has 0 amide bonds. The number of rotatable bonds is 32. The highest BCUT2D eigenvalue weighted by atomic mass is 16.6. The maximum Gasteiger partial charge on any atom is 0.343 e. The predicted octanol–water partition coefficient (Wildman–Crippen LogP) is 15.5. The average Bonchev–Trinajstić information content (AvgIpc) is 3.36. The molecule has 0 heterocycles. The lowest BCUT2D eigenvalue weighted by Crippen LogP contribution is -2.12. The van der Waals surface area contributed by atoms with Gasteiger partial charge in [0.25, 0.3) is 0 Å². The highest BCUT2D eigenvalue weighted by molar-refractivity contribution is 5.94. The van der Waals surface area contributed by atoms with E-state index in [0.29, 0.717) is 41.4 Å². The molecule has 0 radical (unpaired) electrons. The van der Waals surface area contributed by atoms with Crippen molar-refractivity contribution < 1.29 is 47.6 Å². The lowest BCUT2D eigenvalue weighted by molar-refractivity contribution is 0.0721. The molecule has 10 nitrogen and oxygen atoms in total. The summed E-state index contributed by atoms with van der Waals surface area (Å²) in [6.45, 7) is 7.44. The van der Waals surface area contributed by atoms with Crippen LogP contribution in [0, 0.1) is 6.92 Å². The first kappa shape index (κ1) is 53.5. The van der Waals surface area contributed by atoms with Crippen molar-refractivity contribution in [3.8, 4) is 34.5 Å². The molecule has 0 aliphatic rings. The third-order valence-corrected chi connectivity index (χ3v) is 12.0. The van der Waals surface area contributed by atoms with Crippen LogP contribution in [0.2, 0.25) is 0 Å². The van der Waals surface area contributed by atoms with Crippen molar-refractivity contribution >= 4 is 23.9 Å². The van der Waals surface area contributed by atoms with Crippen LogP contribution in [-0.4, -0.2) is 37.1 Å². The molecule has 368 valence electrons. The summed E-state index contributed by atoms with van der Waals surface area (Å²) < 4.78 is 34.2. The fraction of sp³-hybridized carbons (Fsp3) is 0.424. The van der Waals surface area contributed by atoms with E-state index in [1.807, 2.05) is 0 Å². The van der Waals surface area contributed by atoms with Crippen molar-refractivity contribution in [3.05, 3.63) is 143 Å². The second-order valence-corrected chi connectivity index (χ2v) is 17.6. The van der Waals surface area contributed by atoms with Crippen LogP contribution < -0.4 is 28.4 Å². The quantitative estimate of drug-likeness (QED) is 0.0234. The van der Waals surface area contributed by atoms with E-state index in [9.17, 15) is 19.2 Å². The maximum absolute atomic E-state index is 13.1. The third-order valence-electron chi connectivity index (χ3n) is 12.0. The minimum Gasteiger partial charge on any atom is -0.494 e. The van der Waals surface area contributed by atoms with Gasteiger partial charge in [-0.15, -0.1) is 0 Å². The standard InChI is InChI=1S/C59H72O10/c1-4-6-8-10-12-14-16-18-20-22-43-64-50-35-27-46(28-36-50)56(60)66-52-39-31-48(32-40-52)58(62)68-54-25-24-26-55(45(54)3)69-59(63)49-33-41-53(42-34-49)67-57(61)47-29-37-51(38-30-47)65-44-23-21-19-17-15-13-11-9-7-5-2/h24-42H,4-23,43-44H2,1-3H3. The zero-order chi connectivity index (χ0) is 48.9.